The molecule has 1 aliphatic heterocycles. The van der Waals surface area contributed by atoms with E-state index in [1.165, 1.54) is 5.56 Å². The summed E-state index contributed by atoms with van der Waals surface area (Å²) in [5.41, 5.74) is 3.23. The summed E-state index contributed by atoms with van der Waals surface area (Å²) in [6.45, 7) is 6.14. The first-order chi connectivity index (χ1) is 8.96. The van der Waals surface area contributed by atoms with E-state index in [1.807, 2.05) is 25.1 Å². The molecule has 1 unspecified atom stereocenters. The maximum Gasteiger partial charge on any atom is 0.123 e. The van der Waals surface area contributed by atoms with E-state index in [0.29, 0.717) is 0 Å². The molecule has 0 spiro atoms. The van der Waals surface area contributed by atoms with Crippen LogP contribution in [0.5, 0.6) is 5.75 Å². The third-order valence-corrected chi connectivity index (χ3v) is 4.04. The summed E-state index contributed by atoms with van der Waals surface area (Å²) in [5, 5.41) is -0.173. The molecule has 0 saturated carbocycles. The fourth-order valence-corrected chi connectivity index (χ4v) is 2.99. The zero-order valence-electron chi connectivity index (χ0n) is 11.4. The van der Waals surface area contributed by atoms with Crippen LogP contribution in [0.1, 0.15) is 41.7 Å². The predicted octanol–water partition coefficient (Wildman–Crippen LogP) is 4.63. The third kappa shape index (κ3) is 2.25. The van der Waals surface area contributed by atoms with Crippen molar-refractivity contribution in [2.75, 3.05) is 0 Å². The second-order valence-corrected chi connectivity index (χ2v) is 6.14. The number of aryl methyl sites for hydroxylation is 1. The van der Waals surface area contributed by atoms with E-state index in [2.05, 4.69) is 19.9 Å². The molecular weight excluding hydrogens is 260 g/mol. The third-order valence-electron chi connectivity index (χ3n) is 3.55. The van der Waals surface area contributed by atoms with Crippen molar-refractivity contribution in [2.24, 2.45) is 0 Å². The number of hydrogen-bond acceptors (Lipinski definition) is 2. The molecule has 19 heavy (non-hydrogen) atoms. The van der Waals surface area contributed by atoms with Crippen LogP contribution in [0.25, 0.3) is 0 Å². The van der Waals surface area contributed by atoms with Crippen LogP contribution < -0.4 is 4.74 Å². The van der Waals surface area contributed by atoms with Crippen LogP contribution in [0.15, 0.2) is 34.9 Å². The molecule has 100 valence electrons. The van der Waals surface area contributed by atoms with E-state index >= 15 is 0 Å². The Morgan fingerprint density at radius 3 is 2.74 bits per heavy atom. The van der Waals surface area contributed by atoms with E-state index in [-0.39, 0.29) is 11.0 Å². The van der Waals surface area contributed by atoms with Crippen LogP contribution in [0.3, 0.4) is 0 Å². The highest BCUT2D eigenvalue weighted by molar-refractivity contribution is 6.22. The number of alkyl halides is 1. The first kappa shape index (κ1) is 12.6. The largest absolute Gasteiger partial charge is 0.487 e. The van der Waals surface area contributed by atoms with Crippen molar-refractivity contribution in [3.05, 3.63) is 53.0 Å². The summed E-state index contributed by atoms with van der Waals surface area (Å²) in [6.07, 6.45) is 2.60. The van der Waals surface area contributed by atoms with E-state index < -0.39 is 0 Å². The number of hydrogen-bond donors (Lipinski definition) is 0. The van der Waals surface area contributed by atoms with E-state index in [1.54, 1.807) is 6.26 Å². The smallest absolute Gasteiger partial charge is 0.123 e. The predicted molar refractivity (Wildman–Crippen MR) is 76.0 cm³/mol. The molecule has 1 aromatic heterocycles. The van der Waals surface area contributed by atoms with Crippen LogP contribution in [-0.2, 0) is 6.42 Å². The van der Waals surface area contributed by atoms with Gasteiger partial charge in [0, 0.05) is 12.0 Å². The van der Waals surface area contributed by atoms with Gasteiger partial charge in [-0.25, -0.2) is 0 Å². The molecule has 0 fully saturated rings. The van der Waals surface area contributed by atoms with Crippen LogP contribution in [0.4, 0.5) is 0 Å². The Morgan fingerprint density at radius 1 is 1.26 bits per heavy atom. The van der Waals surface area contributed by atoms with E-state index in [4.69, 9.17) is 20.8 Å². The maximum atomic E-state index is 6.55. The quantitative estimate of drug-likeness (QED) is 0.746. The molecule has 3 rings (SSSR count). The summed E-state index contributed by atoms with van der Waals surface area (Å²) in [4.78, 5) is 0. The van der Waals surface area contributed by atoms with Gasteiger partial charge in [-0.2, -0.15) is 0 Å². The zero-order valence-corrected chi connectivity index (χ0v) is 12.1. The minimum Gasteiger partial charge on any atom is -0.487 e. The van der Waals surface area contributed by atoms with E-state index in [9.17, 15) is 0 Å². The Hall–Kier alpha value is -1.41. The highest BCUT2D eigenvalue weighted by Crippen LogP contribution is 2.39. The number of fused-ring (bicyclic) bond motifs is 1. The van der Waals surface area contributed by atoms with Gasteiger partial charge in [-0.05, 0) is 44.0 Å². The van der Waals surface area contributed by atoms with Gasteiger partial charge < -0.3 is 9.15 Å². The van der Waals surface area contributed by atoms with E-state index in [0.717, 1.165) is 29.1 Å². The van der Waals surface area contributed by atoms with Gasteiger partial charge in [-0.15, -0.1) is 11.6 Å². The molecule has 2 heterocycles. The number of rotatable bonds is 2. The van der Waals surface area contributed by atoms with Gasteiger partial charge >= 0.3 is 0 Å². The first-order valence-electron chi connectivity index (χ1n) is 6.46. The van der Waals surface area contributed by atoms with Gasteiger partial charge in [0.25, 0.3) is 0 Å². The molecule has 0 bridgehead atoms. The SMILES string of the molecule is Cc1occc1C(Cl)c1ccc2c(c1)CC(C)(C)O2. The first-order valence-corrected chi connectivity index (χ1v) is 6.90. The molecule has 0 saturated heterocycles. The van der Waals surface area contributed by atoms with Gasteiger partial charge in [0.1, 0.15) is 17.1 Å². The summed E-state index contributed by atoms with van der Waals surface area (Å²) in [7, 11) is 0. The summed E-state index contributed by atoms with van der Waals surface area (Å²) < 4.78 is 11.2. The topological polar surface area (TPSA) is 22.4 Å². The Labute approximate surface area is 118 Å². The molecule has 0 N–H and O–H groups in total. The van der Waals surface area contributed by atoms with Gasteiger partial charge in [-0.3, -0.25) is 0 Å². The highest BCUT2D eigenvalue weighted by atomic mass is 35.5. The molecule has 0 aliphatic carbocycles. The average Bonchev–Trinajstić information content (AvgIpc) is 2.88. The molecule has 3 heteroatoms. The van der Waals surface area contributed by atoms with Crippen molar-refractivity contribution in [2.45, 2.75) is 38.2 Å². The lowest BCUT2D eigenvalue weighted by molar-refractivity contribution is 0.138. The number of furan rings is 1. The van der Waals surface area contributed by atoms with Crippen molar-refractivity contribution >= 4 is 11.6 Å². The lowest BCUT2D eigenvalue weighted by Crippen LogP contribution is -2.24. The van der Waals surface area contributed by atoms with Gasteiger partial charge in [-0.1, -0.05) is 12.1 Å². The number of ether oxygens (including phenoxy) is 1. The minimum atomic E-state index is -0.173. The lowest BCUT2D eigenvalue weighted by atomic mass is 9.97. The minimum absolute atomic E-state index is 0.117. The van der Waals surface area contributed by atoms with Crippen molar-refractivity contribution < 1.29 is 9.15 Å². The summed E-state index contributed by atoms with van der Waals surface area (Å²) in [5.74, 6) is 1.85. The number of halogens is 1. The Morgan fingerprint density at radius 2 is 2.05 bits per heavy atom. The molecule has 1 aliphatic rings. The van der Waals surface area contributed by atoms with Crippen LogP contribution in [-0.4, -0.2) is 5.60 Å². The molecule has 0 amide bonds. The molecule has 2 aromatic rings. The zero-order chi connectivity index (χ0) is 13.6. The van der Waals surface area contributed by atoms with Crippen molar-refractivity contribution in [1.82, 2.24) is 0 Å². The van der Waals surface area contributed by atoms with Crippen LogP contribution >= 0.6 is 11.6 Å². The molecule has 1 aromatic carbocycles. The van der Waals surface area contributed by atoms with Crippen LogP contribution in [0.2, 0.25) is 0 Å². The maximum absolute atomic E-state index is 6.55. The number of benzene rings is 1. The molecule has 2 nitrogen and oxygen atoms in total. The molecular formula is C16H17ClO2. The average molecular weight is 277 g/mol. The van der Waals surface area contributed by atoms with Gasteiger partial charge in [0.05, 0.1) is 11.6 Å². The van der Waals surface area contributed by atoms with Crippen molar-refractivity contribution in [1.29, 1.82) is 0 Å². The fraction of sp³-hybridized carbons (Fsp3) is 0.375. The lowest BCUT2D eigenvalue weighted by Gasteiger charge is -2.16. The Bertz CT molecular complexity index is 613. The van der Waals surface area contributed by atoms with Crippen LogP contribution in [0, 0.1) is 6.92 Å². The Balaban J connectivity index is 1.94. The molecule has 0 radical (unpaired) electrons. The second kappa shape index (κ2) is 4.31. The fourth-order valence-electron chi connectivity index (χ4n) is 2.62. The highest BCUT2D eigenvalue weighted by Gasteiger charge is 2.30. The summed E-state index contributed by atoms with van der Waals surface area (Å²) in [6, 6.07) is 8.13. The Kier molecular flexibility index (Phi) is 2.86. The van der Waals surface area contributed by atoms with Gasteiger partial charge in [0.15, 0.2) is 0 Å². The normalized spacial score (nSPS) is 17.9. The van der Waals surface area contributed by atoms with Gasteiger partial charge in [0.2, 0.25) is 0 Å². The molecule has 1 atom stereocenters. The van der Waals surface area contributed by atoms with Crippen molar-refractivity contribution in [3.63, 3.8) is 0 Å². The standard InChI is InChI=1S/C16H17ClO2/c1-10-13(6-7-18-10)15(17)11-4-5-14-12(8-11)9-16(2,3)19-14/h4-8,15H,9H2,1-3H3. The summed E-state index contributed by atoms with van der Waals surface area (Å²) >= 11 is 6.55. The van der Waals surface area contributed by atoms with Crippen molar-refractivity contribution in [3.8, 4) is 5.75 Å². The monoisotopic (exact) mass is 276 g/mol. The second-order valence-electron chi connectivity index (χ2n) is 5.70.